The number of ketones is 1. The number of esters is 2. The van der Waals surface area contributed by atoms with Crippen molar-refractivity contribution in [3.8, 4) is 47.1 Å². The van der Waals surface area contributed by atoms with Gasteiger partial charge in [-0.25, -0.2) is 0 Å². The van der Waals surface area contributed by atoms with Crippen LogP contribution in [0.15, 0.2) is 30.3 Å². The summed E-state index contributed by atoms with van der Waals surface area (Å²) in [7, 11) is 0.208. The van der Waals surface area contributed by atoms with Crippen LogP contribution in [0.25, 0.3) is 0 Å². The van der Waals surface area contributed by atoms with E-state index in [2.05, 4.69) is 11.2 Å². The van der Waals surface area contributed by atoms with E-state index in [1.165, 1.54) is 18.2 Å². The van der Waals surface area contributed by atoms with Crippen molar-refractivity contribution in [3.05, 3.63) is 47.0 Å². The van der Waals surface area contributed by atoms with E-state index in [0.717, 1.165) is 11.6 Å². The lowest BCUT2D eigenvalue weighted by Crippen LogP contribution is -2.08. The van der Waals surface area contributed by atoms with Gasteiger partial charge in [-0.1, -0.05) is 6.07 Å². The zero-order valence-corrected chi connectivity index (χ0v) is 26.3. The number of carbonyl (C=O) groups excluding carboxylic acids is 4. The summed E-state index contributed by atoms with van der Waals surface area (Å²) in [6.45, 7) is 7.41. The normalized spacial score (nSPS) is 8.41. The van der Waals surface area contributed by atoms with E-state index >= 15 is 0 Å². The Morgan fingerprint density at radius 3 is 1.74 bits per heavy atom. The molecule has 0 amide bonds. The van der Waals surface area contributed by atoms with Gasteiger partial charge >= 0.3 is 19.5 Å². The largest absolute Gasteiger partial charge is 0.508 e. The molecule has 263 valence electrons. The van der Waals surface area contributed by atoms with E-state index in [1.807, 2.05) is 17.7 Å². The van der Waals surface area contributed by atoms with E-state index in [1.54, 1.807) is 33.8 Å². The van der Waals surface area contributed by atoms with Crippen LogP contribution in [-0.2, 0) is 23.9 Å². The van der Waals surface area contributed by atoms with Crippen LogP contribution in [0, 0.1) is 37.9 Å². The second-order valence-electron chi connectivity index (χ2n) is 8.04. The predicted octanol–water partition coefficient (Wildman–Crippen LogP) is 5.85. The Labute approximate surface area is 278 Å². The Bertz CT molecular complexity index is 1350. The molecule has 0 saturated carbocycles. The van der Waals surface area contributed by atoms with Crippen molar-refractivity contribution in [2.24, 2.45) is 0 Å². The maximum absolute atomic E-state index is 11.8. The second kappa shape index (κ2) is 30.2. The minimum Gasteiger partial charge on any atom is -0.508 e. The van der Waals surface area contributed by atoms with Crippen molar-refractivity contribution in [1.29, 1.82) is 0 Å². The Balaban J connectivity index is -0.0000000666. The first-order valence-electron chi connectivity index (χ1n) is 12.8. The number of rotatable bonds is 9. The highest BCUT2D eigenvalue weighted by molar-refractivity contribution is 6.63. The number of ether oxygens (including phenoxy) is 2. The lowest BCUT2D eigenvalue weighted by atomic mass is 10.0. The van der Waals surface area contributed by atoms with Crippen LogP contribution in [-0.4, -0.2) is 69.6 Å². The van der Waals surface area contributed by atoms with Crippen LogP contribution in [0.2, 0.25) is 0 Å². The van der Waals surface area contributed by atoms with Crippen molar-refractivity contribution in [2.75, 3.05) is 13.2 Å². The van der Waals surface area contributed by atoms with Gasteiger partial charge in [0.15, 0.2) is 5.78 Å². The Morgan fingerprint density at radius 2 is 1.35 bits per heavy atom. The first-order chi connectivity index (χ1) is 21.2. The lowest BCUT2D eigenvalue weighted by molar-refractivity contribution is -0.144. The highest BCUT2D eigenvalue weighted by Gasteiger charge is 2.15. The van der Waals surface area contributed by atoms with Gasteiger partial charge in [-0.15, -0.1) is 12.2 Å². The van der Waals surface area contributed by atoms with Gasteiger partial charge in [-0.2, -0.15) is 0 Å². The number of halogens is 4. The van der Waals surface area contributed by atoms with Gasteiger partial charge in [0.2, 0.25) is 5.24 Å². The molecule has 11 nitrogen and oxygen atoms in total. The topological polar surface area (TPSA) is 199 Å². The first kappa shape index (κ1) is 48.1. The maximum atomic E-state index is 11.8. The van der Waals surface area contributed by atoms with Gasteiger partial charge in [-0.05, 0) is 74.4 Å². The Morgan fingerprint density at radius 1 is 0.848 bits per heavy atom. The van der Waals surface area contributed by atoms with Gasteiger partial charge in [-0.3, -0.25) is 19.2 Å². The number of phenols is 4. The number of Topliss-reactive ketones (excluding diaryl/α,β-unsaturated/α-hetero) is 1. The van der Waals surface area contributed by atoms with Crippen molar-refractivity contribution in [3.63, 3.8) is 0 Å². The standard InChI is InChI=1S/C13H16O5.C7H8O2.C6H9ClO3.C4HBF.F2.H2O.5H2/c1-3-18-13(17)5-4-10(14)9-6-8(2)11(15)7-12(9)16;1-5-2-3-6(8)4-7(5)9;1-2-10-6(9)4-3-5(7)8;1-2-3-4-5-6;1-2;;;;;;/h6-7,15-16H,3-5H2,1-2H3;2-4,8-9H,1H3;2-4H2,1H3;1H;;1H2;5*1H. The minimum absolute atomic E-state index is 0. The van der Waals surface area contributed by atoms with Crippen LogP contribution in [0.4, 0.5) is 13.5 Å². The molecule has 0 aliphatic heterocycles. The van der Waals surface area contributed by atoms with Crippen LogP contribution in [0.5, 0.6) is 23.0 Å². The van der Waals surface area contributed by atoms with Crippen molar-refractivity contribution in [2.45, 2.75) is 53.4 Å². The van der Waals surface area contributed by atoms with Crippen LogP contribution in [0.3, 0.4) is 0 Å². The molecule has 0 heterocycles. The number of carbonyl (C=O) groups is 4. The molecule has 46 heavy (non-hydrogen) atoms. The predicted molar refractivity (Wildman–Crippen MR) is 176 cm³/mol. The summed E-state index contributed by atoms with van der Waals surface area (Å²) in [5.74, 6) is 4.59. The molecule has 1 radical (unpaired) electrons. The van der Waals surface area contributed by atoms with Crippen molar-refractivity contribution >= 4 is 42.1 Å². The van der Waals surface area contributed by atoms with Gasteiger partial charge in [0, 0.05) is 41.3 Å². The summed E-state index contributed by atoms with van der Waals surface area (Å²) < 4.78 is 36.0. The molecule has 0 aromatic heterocycles. The number of benzene rings is 2. The molecular formula is C30H46BClF3O11. The van der Waals surface area contributed by atoms with E-state index in [9.17, 15) is 33.7 Å². The number of hydrogen-bond donors (Lipinski definition) is 4. The van der Waals surface area contributed by atoms with E-state index in [0.29, 0.717) is 12.2 Å². The number of aromatic hydroxyl groups is 4. The lowest BCUT2D eigenvalue weighted by Gasteiger charge is -2.06. The fourth-order valence-corrected chi connectivity index (χ4v) is 2.69. The van der Waals surface area contributed by atoms with E-state index in [-0.39, 0.29) is 92.8 Å². The van der Waals surface area contributed by atoms with Crippen LogP contribution < -0.4 is 0 Å². The quantitative estimate of drug-likeness (QED) is 0.0816. The van der Waals surface area contributed by atoms with Gasteiger partial charge < -0.3 is 39.7 Å². The number of aryl methyl sites for hydroxylation is 2. The Hall–Kier alpha value is -4.86. The fraction of sp³-hybridized carbons (Fsp3) is 0.333. The molecule has 2 aromatic rings. The minimum atomic E-state index is -0.506. The third kappa shape index (κ3) is 25.6. The SMILES string of the molecule is C#CC#C[B]F.CCOC(=O)CCC(=O)Cl.CCOC(=O)CCC(=O)c1cc(C)c(O)cc1O.Cc1ccc(O)cc1O.FF.O.[HH].[HH].[HH].[HH].[HH]. The summed E-state index contributed by atoms with van der Waals surface area (Å²) in [6, 6.07) is 7.03. The molecule has 0 fully saturated rings. The number of phenolic OH excluding ortho intramolecular Hbond substituents is 4. The van der Waals surface area contributed by atoms with Gasteiger partial charge in [0.25, 0.3) is 0 Å². The third-order valence-electron chi connectivity index (χ3n) is 4.70. The molecule has 6 N–H and O–H groups in total. The summed E-state index contributed by atoms with van der Waals surface area (Å²) in [5, 5.41) is 36.1. The van der Waals surface area contributed by atoms with Gasteiger partial charge in [0.05, 0.1) is 31.6 Å². The monoisotopic (exact) mass is 685 g/mol. The van der Waals surface area contributed by atoms with Crippen LogP contribution >= 0.6 is 11.6 Å². The average molecular weight is 686 g/mol. The molecule has 2 rings (SSSR count). The molecule has 16 heteroatoms. The number of hydrogen-bond acceptors (Lipinski definition) is 10. The molecule has 2 aromatic carbocycles. The summed E-state index contributed by atoms with van der Waals surface area (Å²) in [6.07, 6.45) is 4.69. The van der Waals surface area contributed by atoms with Gasteiger partial charge in [0.1, 0.15) is 23.0 Å². The summed E-state index contributed by atoms with van der Waals surface area (Å²) in [4.78, 5) is 43.5. The second-order valence-corrected chi connectivity index (χ2v) is 8.46. The average Bonchev–Trinajstić information content (AvgIpc) is 3.00. The molecule has 0 bridgehead atoms. The molecular weight excluding hydrogens is 640 g/mol. The molecule has 0 aliphatic rings. The van der Waals surface area contributed by atoms with E-state index in [4.69, 9.17) is 35.7 Å². The van der Waals surface area contributed by atoms with E-state index < -0.39 is 11.2 Å². The van der Waals surface area contributed by atoms with Crippen LogP contribution in [0.1, 0.15) is 68.1 Å². The molecule has 0 saturated heterocycles. The molecule has 0 aliphatic carbocycles. The van der Waals surface area contributed by atoms with Crippen molar-refractivity contribution in [1.82, 2.24) is 0 Å². The molecule has 0 spiro atoms. The third-order valence-corrected chi connectivity index (χ3v) is 4.89. The first-order valence-corrected chi connectivity index (χ1v) is 13.2. The molecule has 0 unspecified atom stereocenters. The zero-order chi connectivity index (χ0) is 35.4. The highest BCUT2D eigenvalue weighted by atomic mass is 35.5. The summed E-state index contributed by atoms with van der Waals surface area (Å²) >= 11 is 4.98. The summed E-state index contributed by atoms with van der Waals surface area (Å²) in [5.41, 5.74) is 1.37. The Kier molecular flexibility index (Phi) is 31.5. The highest BCUT2D eigenvalue weighted by Crippen LogP contribution is 2.28. The molecule has 0 atom stereocenters. The maximum Gasteiger partial charge on any atom is 0.450 e. The van der Waals surface area contributed by atoms with Crippen molar-refractivity contribution < 1.29 is 75.2 Å². The smallest absolute Gasteiger partial charge is 0.450 e. The zero-order valence-electron chi connectivity index (χ0n) is 25.5. The number of terminal acetylenes is 1. The fourth-order valence-electron chi connectivity index (χ4n) is 2.59.